The number of benzene rings is 1. The van der Waals surface area contributed by atoms with Gasteiger partial charge < -0.3 is 14.1 Å². The standard InChI is InChI=1S/C24H25F4N3O6S2/c1-5-36-23(33)31(37-22(32)24(26,27)28)39(34,35)21-19(12-18(38-21)10-14(2)3)16-6-7-17(20(25)11-16)13-30-9-8-29-15(30)4/h6-9,11-12,14H,5,10,13H2,1-4H3. The van der Waals surface area contributed by atoms with Crippen molar-refractivity contribution in [3.05, 3.63) is 58.7 Å². The number of hydroxylamine groups is 1. The van der Waals surface area contributed by atoms with Crippen molar-refractivity contribution in [1.29, 1.82) is 0 Å². The zero-order valence-corrected chi connectivity index (χ0v) is 22.9. The number of amides is 1. The highest BCUT2D eigenvalue weighted by Gasteiger charge is 2.47. The molecule has 0 saturated carbocycles. The van der Waals surface area contributed by atoms with Crippen LogP contribution in [0.1, 0.15) is 37.0 Å². The smallest absolute Gasteiger partial charge is 0.447 e. The van der Waals surface area contributed by atoms with Gasteiger partial charge in [0.15, 0.2) is 4.21 Å². The second-order valence-electron chi connectivity index (χ2n) is 8.73. The molecule has 15 heteroatoms. The topological polar surface area (TPSA) is 108 Å². The van der Waals surface area contributed by atoms with E-state index in [-0.39, 0.29) is 29.2 Å². The van der Waals surface area contributed by atoms with Crippen LogP contribution < -0.4 is 0 Å². The molecule has 1 amide bonds. The summed E-state index contributed by atoms with van der Waals surface area (Å²) in [4.78, 5) is 32.4. The van der Waals surface area contributed by atoms with E-state index in [4.69, 9.17) is 0 Å². The number of hydrogen-bond acceptors (Lipinski definition) is 8. The molecule has 0 unspecified atom stereocenters. The van der Waals surface area contributed by atoms with E-state index < -0.39 is 49.4 Å². The number of rotatable bonds is 8. The number of alkyl halides is 3. The Labute approximate surface area is 226 Å². The highest BCUT2D eigenvalue weighted by molar-refractivity contribution is 7.91. The number of hydrogen-bond donors (Lipinski definition) is 0. The number of halogens is 4. The molecule has 2 heterocycles. The van der Waals surface area contributed by atoms with Crippen LogP contribution in [0.5, 0.6) is 0 Å². The van der Waals surface area contributed by atoms with E-state index >= 15 is 4.39 Å². The van der Waals surface area contributed by atoms with Gasteiger partial charge in [-0.2, -0.15) is 21.6 Å². The Kier molecular flexibility index (Phi) is 9.05. The third-order valence-electron chi connectivity index (χ3n) is 5.25. The van der Waals surface area contributed by atoms with Gasteiger partial charge in [-0.3, -0.25) is 0 Å². The third-order valence-corrected chi connectivity index (χ3v) is 8.44. The van der Waals surface area contributed by atoms with Gasteiger partial charge in [-0.25, -0.2) is 19.0 Å². The van der Waals surface area contributed by atoms with E-state index in [1.165, 1.54) is 25.1 Å². The number of aromatic nitrogens is 2. The molecule has 0 aliphatic heterocycles. The number of sulfonamides is 1. The van der Waals surface area contributed by atoms with Crippen molar-refractivity contribution in [3.8, 4) is 11.1 Å². The molecule has 0 saturated heterocycles. The molecular weight excluding hydrogens is 566 g/mol. The number of aryl methyl sites for hydroxylation is 1. The van der Waals surface area contributed by atoms with Gasteiger partial charge in [0.05, 0.1) is 13.2 Å². The molecule has 0 spiro atoms. The summed E-state index contributed by atoms with van der Waals surface area (Å²) in [6.45, 7) is 6.46. The average molecular weight is 592 g/mol. The number of carbonyl (C=O) groups is 2. The van der Waals surface area contributed by atoms with Crippen LogP contribution >= 0.6 is 11.3 Å². The van der Waals surface area contributed by atoms with E-state index in [9.17, 15) is 31.2 Å². The van der Waals surface area contributed by atoms with Crippen LogP contribution in [0, 0.1) is 18.7 Å². The van der Waals surface area contributed by atoms with Crippen molar-refractivity contribution in [1.82, 2.24) is 14.0 Å². The molecule has 9 nitrogen and oxygen atoms in total. The number of thiophene rings is 1. The fourth-order valence-corrected chi connectivity index (χ4v) is 6.56. The minimum absolute atomic E-state index is 0.0498. The lowest BCUT2D eigenvalue weighted by molar-refractivity contribution is -0.218. The van der Waals surface area contributed by atoms with Gasteiger partial charge in [-0.05, 0) is 48.4 Å². The predicted molar refractivity (Wildman–Crippen MR) is 133 cm³/mol. The molecule has 0 atom stereocenters. The van der Waals surface area contributed by atoms with Gasteiger partial charge in [0.2, 0.25) is 0 Å². The molecule has 0 fully saturated rings. The Morgan fingerprint density at radius 3 is 2.44 bits per heavy atom. The Hall–Kier alpha value is -3.46. The van der Waals surface area contributed by atoms with Crippen molar-refractivity contribution in [2.75, 3.05) is 6.61 Å². The lowest BCUT2D eigenvalue weighted by Crippen LogP contribution is -2.42. The number of imidazole rings is 1. The van der Waals surface area contributed by atoms with E-state index in [1.54, 1.807) is 23.9 Å². The van der Waals surface area contributed by atoms with Gasteiger partial charge in [-0.15, -0.1) is 11.3 Å². The number of ether oxygens (including phenoxy) is 1. The Balaban J connectivity index is 2.12. The van der Waals surface area contributed by atoms with Gasteiger partial charge >= 0.3 is 28.3 Å². The lowest BCUT2D eigenvalue weighted by atomic mass is 10.0. The van der Waals surface area contributed by atoms with Crippen molar-refractivity contribution in [3.63, 3.8) is 0 Å². The summed E-state index contributed by atoms with van der Waals surface area (Å²) in [5, 5.41) is 0. The summed E-state index contributed by atoms with van der Waals surface area (Å²) in [6.07, 6.45) is -3.86. The lowest BCUT2D eigenvalue weighted by Gasteiger charge is -2.20. The van der Waals surface area contributed by atoms with Gasteiger partial charge in [-0.1, -0.05) is 26.0 Å². The third kappa shape index (κ3) is 6.95. The molecule has 0 bridgehead atoms. The summed E-state index contributed by atoms with van der Waals surface area (Å²) in [5.74, 6) is -2.92. The predicted octanol–water partition coefficient (Wildman–Crippen LogP) is 5.47. The molecule has 0 N–H and O–H groups in total. The molecule has 0 aliphatic carbocycles. The highest BCUT2D eigenvalue weighted by atomic mass is 32.2. The van der Waals surface area contributed by atoms with Crippen LogP contribution in [-0.4, -0.2) is 47.3 Å². The fraction of sp³-hybridized carbons (Fsp3) is 0.375. The van der Waals surface area contributed by atoms with E-state index in [1.807, 2.05) is 13.8 Å². The number of carbonyl (C=O) groups excluding carboxylic acids is 2. The molecular formula is C24H25F4N3O6S2. The Morgan fingerprint density at radius 1 is 1.21 bits per heavy atom. The van der Waals surface area contributed by atoms with Crippen LogP contribution in [0.2, 0.25) is 0 Å². The zero-order chi connectivity index (χ0) is 29.1. The summed E-state index contributed by atoms with van der Waals surface area (Å²) in [6, 6.07) is 5.41. The van der Waals surface area contributed by atoms with Crippen molar-refractivity contribution >= 4 is 33.4 Å². The van der Waals surface area contributed by atoms with E-state index in [0.717, 1.165) is 6.07 Å². The largest absolute Gasteiger partial charge is 0.493 e. The van der Waals surface area contributed by atoms with E-state index in [0.29, 0.717) is 28.5 Å². The van der Waals surface area contributed by atoms with Gasteiger partial charge in [0.25, 0.3) is 0 Å². The normalized spacial score (nSPS) is 12.0. The van der Waals surface area contributed by atoms with Crippen molar-refractivity contribution < 1.29 is 45.1 Å². The summed E-state index contributed by atoms with van der Waals surface area (Å²) >= 11 is 0.659. The first-order valence-corrected chi connectivity index (χ1v) is 13.8. The average Bonchev–Trinajstić information content (AvgIpc) is 3.44. The Morgan fingerprint density at radius 2 is 1.90 bits per heavy atom. The van der Waals surface area contributed by atoms with E-state index in [2.05, 4.69) is 14.6 Å². The summed E-state index contributed by atoms with van der Waals surface area (Å²) in [7, 11) is -5.24. The van der Waals surface area contributed by atoms with Crippen molar-refractivity contribution in [2.24, 2.45) is 5.92 Å². The van der Waals surface area contributed by atoms with Crippen LogP contribution in [-0.2, 0) is 37.4 Å². The molecule has 0 radical (unpaired) electrons. The summed E-state index contributed by atoms with van der Waals surface area (Å²) < 4.78 is 85.7. The SMILES string of the molecule is CCOC(=O)N(OC(=O)C(F)(F)F)S(=O)(=O)c1sc(CC(C)C)cc1-c1ccc(Cn2ccnc2C)c(F)c1. The highest BCUT2D eigenvalue weighted by Crippen LogP contribution is 2.39. The quantitative estimate of drug-likeness (QED) is 0.252. The second-order valence-corrected chi connectivity index (χ2v) is 11.8. The van der Waals surface area contributed by atoms with Crippen LogP contribution in [0.4, 0.5) is 22.4 Å². The molecule has 0 aliphatic rings. The first-order chi connectivity index (χ1) is 18.1. The monoisotopic (exact) mass is 591 g/mol. The van der Waals surface area contributed by atoms with Crippen LogP contribution in [0.3, 0.4) is 0 Å². The van der Waals surface area contributed by atoms with Gasteiger partial charge in [0.1, 0.15) is 11.6 Å². The fourth-order valence-electron chi connectivity index (χ4n) is 3.48. The molecule has 2 aromatic heterocycles. The van der Waals surface area contributed by atoms with Crippen LogP contribution in [0.15, 0.2) is 40.9 Å². The maximum Gasteiger partial charge on any atom is 0.493 e. The maximum atomic E-state index is 15.1. The minimum atomic E-state index is -5.60. The maximum absolute atomic E-state index is 15.1. The molecule has 1 aromatic carbocycles. The zero-order valence-electron chi connectivity index (χ0n) is 21.3. The molecule has 212 valence electrons. The first kappa shape index (κ1) is 30.1. The van der Waals surface area contributed by atoms with Crippen LogP contribution in [0.25, 0.3) is 11.1 Å². The molecule has 3 aromatic rings. The first-order valence-electron chi connectivity index (χ1n) is 11.6. The molecule has 39 heavy (non-hydrogen) atoms. The minimum Gasteiger partial charge on any atom is -0.447 e. The van der Waals surface area contributed by atoms with Crippen molar-refractivity contribution in [2.45, 2.75) is 51.0 Å². The summed E-state index contributed by atoms with van der Waals surface area (Å²) in [5.41, 5.74) is 0.265. The second kappa shape index (κ2) is 11.7. The van der Waals surface area contributed by atoms with Gasteiger partial charge in [0, 0.05) is 28.4 Å². The molecule has 3 rings (SSSR count). The number of nitrogens with zero attached hydrogens (tertiary/aromatic N) is 3. The Bertz CT molecular complexity index is 1460.